The van der Waals surface area contributed by atoms with E-state index in [0.717, 1.165) is 72.4 Å². The maximum atomic E-state index is 6.76. The maximum Gasteiger partial charge on any atom is 0.160 e. The number of furan rings is 1. The van der Waals surface area contributed by atoms with Crippen LogP contribution in [0.1, 0.15) is 0 Å². The van der Waals surface area contributed by atoms with E-state index in [1.54, 1.807) is 0 Å². The average molecular weight is 792 g/mol. The zero-order valence-corrected chi connectivity index (χ0v) is 33.6. The molecule has 12 rings (SSSR count). The highest BCUT2D eigenvalue weighted by Crippen LogP contribution is 2.42. The average Bonchev–Trinajstić information content (AvgIpc) is 3.90. The summed E-state index contributed by atoms with van der Waals surface area (Å²) in [5.74, 6) is 0.667. The highest BCUT2D eigenvalue weighted by atomic mass is 16.3. The maximum absolute atomic E-state index is 6.76. The van der Waals surface area contributed by atoms with Gasteiger partial charge in [-0.1, -0.05) is 176 Å². The Morgan fingerprint density at radius 3 is 1.61 bits per heavy atom. The minimum absolute atomic E-state index is 0.667. The molecule has 290 valence electrons. The number of hydrogen-bond acceptors (Lipinski definition) is 3. The fraction of sp³-hybridized carbons (Fsp3) is 0. The molecule has 0 bridgehead atoms. The van der Waals surface area contributed by atoms with Crippen molar-refractivity contribution in [2.45, 2.75) is 0 Å². The lowest BCUT2D eigenvalue weighted by atomic mass is 9.98. The topological polar surface area (TPSA) is 43.9 Å². The number of fused-ring (bicyclic) bond motifs is 6. The number of nitrogens with zero attached hydrogens (tertiary/aromatic N) is 3. The summed E-state index contributed by atoms with van der Waals surface area (Å²) in [6, 6.07) is 79.1. The number of aromatic nitrogens is 3. The van der Waals surface area contributed by atoms with Crippen LogP contribution in [0.2, 0.25) is 0 Å². The Balaban J connectivity index is 0.985. The molecule has 12 aromatic rings. The second kappa shape index (κ2) is 14.7. The molecular formula is C58H37N3O. The summed E-state index contributed by atoms with van der Waals surface area (Å²) in [4.78, 5) is 10.3. The van der Waals surface area contributed by atoms with Gasteiger partial charge < -0.3 is 8.98 Å². The summed E-state index contributed by atoms with van der Waals surface area (Å²) in [7, 11) is 0. The second-order valence-electron chi connectivity index (χ2n) is 15.7. The minimum atomic E-state index is 0.667. The van der Waals surface area contributed by atoms with Gasteiger partial charge in [-0.3, -0.25) is 0 Å². The molecule has 0 atom stereocenters. The molecule has 0 aliphatic carbocycles. The van der Waals surface area contributed by atoms with Crippen LogP contribution < -0.4 is 0 Å². The summed E-state index contributed by atoms with van der Waals surface area (Å²) >= 11 is 0. The van der Waals surface area contributed by atoms with E-state index >= 15 is 0 Å². The molecule has 0 radical (unpaired) electrons. The molecule has 0 saturated carbocycles. The SMILES string of the molecule is c1ccc(-c2ccc(-c3cc(-c4cccc5c4oc4ccc(-c6ccc7c(c6)c6cccc(-c8ccccc8)c6n7-c6ccccc6)cc45)nc(-c4ccccc4)n3)cc2)cc1. The first-order chi connectivity index (χ1) is 30.7. The van der Waals surface area contributed by atoms with Gasteiger partial charge in [0.15, 0.2) is 5.82 Å². The van der Waals surface area contributed by atoms with Crippen molar-refractivity contribution < 1.29 is 4.42 Å². The molecule has 3 heterocycles. The van der Waals surface area contributed by atoms with E-state index in [1.807, 2.05) is 24.3 Å². The van der Waals surface area contributed by atoms with Crippen LogP contribution in [0.15, 0.2) is 229 Å². The van der Waals surface area contributed by atoms with Crippen LogP contribution in [0.3, 0.4) is 0 Å². The Morgan fingerprint density at radius 2 is 0.887 bits per heavy atom. The Kier molecular flexibility index (Phi) is 8.46. The van der Waals surface area contributed by atoms with E-state index in [2.05, 4.69) is 205 Å². The third kappa shape index (κ3) is 6.08. The predicted molar refractivity (Wildman–Crippen MR) is 256 cm³/mol. The Hall–Kier alpha value is -8.34. The molecular weight excluding hydrogens is 755 g/mol. The van der Waals surface area contributed by atoms with Crippen LogP contribution in [-0.4, -0.2) is 14.5 Å². The van der Waals surface area contributed by atoms with Gasteiger partial charge in [-0.25, -0.2) is 9.97 Å². The van der Waals surface area contributed by atoms with Crippen molar-refractivity contribution in [3.63, 3.8) is 0 Å². The smallest absolute Gasteiger partial charge is 0.160 e. The molecule has 4 heteroatoms. The summed E-state index contributed by atoms with van der Waals surface area (Å²) in [6.45, 7) is 0. The van der Waals surface area contributed by atoms with Gasteiger partial charge in [0.25, 0.3) is 0 Å². The molecule has 4 nitrogen and oxygen atoms in total. The second-order valence-corrected chi connectivity index (χ2v) is 15.7. The van der Waals surface area contributed by atoms with Crippen LogP contribution in [0.5, 0.6) is 0 Å². The molecule has 0 aliphatic rings. The highest BCUT2D eigenvalue weighted by Gasteiger charge is 2.20. The minimum Gasteiger partial charge on any atom is -0.455 e. The van der Waals surface area contributed by atoms with Crippen molar-refractivity contribution in [3.05, 3.63) is 224 Å². The lowest BCUT2D eigenvalue weighted by Crippen LogP contribution is -1.96. The van der Waals surface area contributed by atoms with Crippen LogP contribution >= 0.6 is 0 Å². The normalized spacial score (nSPS) is 11.5. The van der Waals surface area contributed by atoms with E-state index in [-0.39, 0.29) is 0 Å². The molecule has 0 N–H and O–H groups in total. The van der Waals surface area contributed by atoms with E-state index in [9.17, 15) is 0 Å². The van der Waals surface area contributed by atoms with Gasteiger partial charge in [-0.15, -0.1) is 0 Å². The third-order valence-electron chi connectivity index (χ3n) is 12.0. The number of para-hydroxylation sites is 3. The van der Waals surface area contributed by atoms with Gasteiger partial charge in [-0.05, 0) is 76.3 Å². The van der Waals surface area contributed by atoms with Crippen molar-refractivity contribution in [1.29, 1.82) is 0 Å². The number of hydrogen-bond donors (Lipinski definition) is 0. The Bertz CT molecular complexity index is 3590. The van der Waals surface area contributed by atoms with Crippen molar-refractivity contribution in [1.82, 2.24) is 14.5 Å². The first-order valence-electron chi connectivity index (χ1n) is 21.0. The number of benzene rings is 9. The van der Waals surface area contributed by atoms with Gasteiger partial charge in [0, 0.05) is 49.5 Å². The Morgan fingerprint density at radius 1 is 0.339 bits per heavy atom. The highest BCUT2D eigenvalue weighted by molar-refractivity contribution is 6.15. The van der Waals surface area contributed by atoms with E-state index < -0.39 is 0 Å². The van der Waals surface area contributed by atoms with Gasteiger partial charge in [0.1, 0.15) is 11.2 Å². The molecule has 62 heavy (non-hydrogen) atoms. The summed E-state index contributed by atoms with van der Waals surface area (Å²) < 4.78 is 9.17. The van der Waals surface area contributed by atoms with Crippen LogP contribution in [0.4, 0.5) is 0 Å². The number of rotatable bonds is 7. The molecule has 0 saturated heterocycles. The molecule has 0 spiro atoms. The summed E-state index contributed by atoms with van der Waals surface area (Å²) in [5, 5.41) is 4.54. The van der Waals surface area contributed by atoms with Crippen molar-refractivity contribution in [2.24, 2.45) is 0 Å². The summed E-state index contributed by atoms with van der Waals surface area (Å²) in [5.41, 5.74) is 16.7. The molecule has 3 aromatic heterocycles. The van der Waals surface area contributed by atoms with Gasteiger partial charge in [0.2, 0.25) is 0 Å². The molecule has 9 aromatic carbocycles. The first-order valence-corrected chi connectivity index (χ1v) is 21.0. The van der Waals surface area contributed by atoms with Gasteiger partial charge in [0.05, 0.1) is 22.4 Å². The quantitative estimate of drug-likeness (QED) is 0.161. The van der Waals surface area contributed by atoms with E-state index in [0.29, 0.717) is 5.82 Å². The molecule has 0 unspecified atom stereocenters. The van der Waals surface area contributed by atoms with Crippen molar-refractivity contribution in [2.75, 3.05) is 0 Å². The fourth-order valence-corrected chi connectivity index (χ4v) is 9.04. The molecule has 0 fully saturated rings. The van der Waals surface area contributed by atoms with Crippen molar-refractivity contribution in [3.8, 4) is 73.0 Å². The fourth-order valence-electron chi connectivity index (χ4n) is 9.04. The van der Waals surface area contributed by atoms with Crippen LogP contribution in [0, 0.1) is 0 Å². The monoisotopic (exact) mass is 791 g/mol. The molecule has 0 amide bonds. The Labute approximate surface area is 358 Å². The third-order valence-corrected chi connectivity index (χ3v) is 12.0. The van der Waals surface area contributed by atoms with E-state index in [1.165, 1.54) is 38.5 Å². The lowest BCUT2D eigenvalue weighted by molar-refractivity contribution is 0.670. The zero-order chi connectivity index (χ0) is 41.0. The van der Waals surface area contributed by atoms with Crippen molar-refractivity contribution >= 4 is 43.7 Å². The van der Waals surface area contributed by atoms with E-state index in [4.69, 9.17) is 14.4 Å². The van der Waals surface area contributed by atoms with Crippen LogP contribution in [0.25, 0.3) is 117 Å². The zero-order valence-electron chi connectivity index (χ0n) is 33.6. The predicted octanol–water partition coefficient (Wildman–Crippen LogP) is 15.5. The molecule has 0 aliphatic heterocycles. The van der Waals surface area contributed by atoms with Crippen LogP contribution in [-0.2, 0) is 0 Å². The largest absolute Gasteiger partial charge is 0.455 e. The summed E-state index contributed by atoms with van der Waals surface area (Å²) in [6.07, 6.45) is 0. The standard InChI is InChI=1S/C58H37N3O/c1-5-15-38(16-6-1)39-27-29-41(30-28-39)52-37-53(60-58(59-52)42-19-9-3-10-20-42)49-26-14-25-48-51-36-44(32-34-55(51)62-57(48)49)43-31-33-54-50(35-43)47-24-13-23-46(40-17-7-2-8-18-40)56(47)61(54)45-21-11-4-12-22-45/h1-37H. The lowest BCUT2D eigenvalue weighted by Gasteiger charge is -2.11. The van der Waals surface area contributed by atoms with Gasteiger partial charge in [-0.2, -0.15) is 0 Å². The van der Waals surface area contributed by atoms with Gasteiger partial charge >= 0.3 is 0 Å². The first kappa shape index (κ1) is 35.6.